The minimum atomic E-state index is -4.46. The third-order valence-electron chi connectivity index (χ3n) is 4.27. The smallest absolute Gasteiger partial charge is 0.344 e. The maximum absolute atomic E-state index is 12.7. The minimum Gasteiger partial charge on any atom is -0.344 e. The lowest BCUT2D eigenvalue weighted by atomic mass is 9.98. The van der Waals surface area contributed by atoms with E-state index in [4.69, 9.17) is 0 Å². The lowest BCUT2D eigenvalue weighted by Crippen LogP contribution is -2.48. The minimum absolute atomic E-state index is 0.276. The molecule has 3 rings (SSSR count). The Morgan fingerprint density at radius 2 is 1.95 bits per heavy atom. The summed E-state index contributed by atoms with van der Waals surface area (Å²) in [4.78, 5) is 5.77. The first-order chi connectivity index (χ1) is 9.97. The van der Waals surface area contributed by atoms with E-state index in [9.17, 15) is 13.2 Å². The van der Waals surface area contributed by atoms with Gasteiger partial charge < -0.3 is 10.2 Å². The van der Waals surface area contributed by atoms with Gasteiger partial charge in [-0.15, -0.1) is 0 Å². The number of aromatic nitrogens is 2. The predicted molar refractivity (Wildman–Crippen MR) is 75.5 cm³/mol. The van der Waals surface area contributed by atoms with Crippen molar-refractivity contribution < 1.29 is 13.2 Å². The molecule has 4 nitrogen and oxygen atoms in total. The third kappa shape index (κ3) is 3.15. The van der Waals surface area contributed by atoms with Crippen molar-refractivity contribution in [3.05, 3.63) is 5.82 Å². The van der Waals surface area contributed by atoms with Gasteiger partial charge in [0.15, 0.2) is 0 Å². The quantitative estimate of drug-likeness (QED) is 0.926. The van der Waals surface area contributed by atoms with Crippen LogP contribution < -0.4 is 10.2 Å². The van der Waals surface area contributed by atoms with Gasteiger partial charge in [-0.05, 0) is 32.1 Å². The van der Waals surface area contributed by atoms with Gasteiger partial charge in [-0.2, -0.15) is 22.5 Å². The summed E-state index contributed by atoms with van der Waals surface area (Å²) < 4.78 is 41.5. The van der Waals surface area contributed by atoms with E-state index in [-0.39, 0.29) is 6.04 Å². The maximum atomic E-state index is 12.7. The molecule has 2 unspecified atom stereocenters. The second kappa shape index (κ2) is 5.72. The molecular formula is C13H19F3N4S. The Bertz CT molecular complexity index is 478. The Kier molecular flexibility index (Phi) is 4.09. The van der Waals surface area contributed by atoms with E-state index in [0.717, 1.165) is 37.3 Å². The molecule has 8 heteroatoms. The number of hydrogen-bond acceptors (Lipinski definition) is 5. The van der Waals surface area contributed by atoms with Crippen molar-refractivity contribution >= 4 is 16.7 Å². The van der Waals surface area contributed by atoms with Crippen LogP contribution in [0, 0.1) is 0 Å². The number of nitrogens with zero attached hydrogens (tertiary/aromatic N) is 3. The summed E-state index contributed by atoms with van der Waals surface area (Å²) in [6.45, 7) is 2.77. The standard InChI is InChI=1S/C13H19F3N4S/c1-2-5-20(10-6-8-3-4-9(7-10)17-8)12-18-11(19-21-12)13(14,15)16/h8-10,17H,2-7H2,1H3. The Morgan fingerprint density at radius 3 is 2.48 bits per heavy atom. The van der Waals surface area contributed by atoms with Crippen molar-refractivity contribution in [3.8, 4) is 0 Å². The fourth-order valence-electron chi connectivity index (χ4n) is 3.40. The number of fused-ring (bicyclic) bond motifs is 2. The second-order valence-electron chi connectivity index (χ2n) is 5.85. The van der Waals surface area contributed by atoms with Crippen LogP contribution in [-0.4, -0.2) is 34.0 Å². The van der Waals surface area contributed by atoms with E-state index >= 15 is 0 Å². The summed E-state index contributed by atoms with van der Waals surface area (Å²) in [5.41, 5.74) is 0. The van der Waals surface area contributed by atoms with Crippen LogP contribution in [0.4, 0.5) is 18.3 Å². The Morgan fingerprint density at radius 1 is 1.29 bits per heavy atom. The molecule has 2 aliphatic heterocycles. The van der Waals surface area contributed by atoms with E-state index in [0.29, 0.717) is 17.2 Å². The number of halogens is 3. The monoisotopic (exact) mass is 320 g/mol. The molecule has 0 amide bonds. The Labute approximate surface area is 125 Å². The first kappa shape index (κ1) is 15.0. The maximum Gasteiger partial charge on any atom is 0.452 e. The van der Waals surface area contributed by atoms with E-state index in [1.54, 1.807) is 0 Å². The van der Waals surface area contributed by atoms with Crippen LogP contribution >= 0.6 is 11.5 Å². The number of anilines is 1. The van der Waals surface area contributed by atoms with Crippen LogP contribution in [0.5, 0.6) is 0 Å². The Hall–Kier alpha value is -0.890. The lowest BCUT2D eigenvalue weighted by molar-refractivity contribution is -0.144. The highest BCUT2D eigenvalue weighted by molar-refractivity contribution is 7.09. The molecular weight excluding hydrogens is 301 g/mol. The summed E-state index contributed by atoms with van der Waals surface area (Å²) >= 11 is 0.865. The molecule has 0 aromatic carbocycles. The first-order valence-corrected chi connectivity index (χ1v) is 8.18. The van der Waals surface area contributed by atoms with Gasteiger partial charge in [0.1, 0.15) is 0 Å². The zero-order valence-electron chi connectivity index (χ0n) is 11.9. The predicted octanol–water partition coefficient (Wildman–Crippen LogP) is 3.06. The van der Waals surface area contributed by atoms with Crippen molar-refractivity contribution in [1.82, 2.24) is 14.7 Å². The van der Waals surface area contributed by atoms with Gasteiger partial charge in [0.05, 0.1) is 0 Å². The van der Waals surface area contributed by atoms with Gasteiger partial charge in [-0.25, -0.2) is 0 Å². The number of alkyl halides is 3. The van der Waals surface area contributed by atoms with Crippen molar-refractivity contribution in [2.75, 3.05) is 11.4 Å². The highest BCUT2D eigenvalue weighted by Gasteiger charge is 2.39. The molecule has 21 heavy (non-hydrogen) atoms. The van der Waals surface area contributed by atoms with Gasteiger partial charge in [-0.3, -0.25) is 0 Å². The van der Waals surface area contributed by atoms with Gasteiger partial charge >= 0.3 is 6.18 Å². The summed E-state index contributed by atoms with van der Waals surface area (Å²) in [5.74, 6) is -1.01. The second-order valence-corrected chi connectivity index (χ2v) is 6.59. The summed E-state index contributed by atoms with van der Waals surface area (Å²) in [6, 6.07) is 1.28. The van der Waals surface area contributed by atoms with Crippen LogP contribution in [0.25, 0.3) is 0 Å². The number of nitrogens with one attached hydrogen (secondary N) is 1. The SMILES string of the molecule is CCCN(c1nc(C(F)(F)F)ns1)C1CC2CCC(C1)N2. The van der Waals surface area contributed by atoms with E-state index < -0.39 is 12.0 Å². The molecule has 0 radical (unpaired) electrons. The van der Waals surface area contributed by atoms with Gasteiger partial charge in [-0.1, -0.05) is 6.92 Å². The fraction of sp³-hybridized carbons (Fsp3) is 0.846. The molecule has 1 aromatic heterocycles. The number of rotatable bonds is 4. The first-order valence-electron chi connectivity index (χ1n) is 7.41. The molecule has 0 saturated carbocycles. The number of hydrogen-bond donors (Lipinski definition) is 1. The topological polar surface area (TPSA) is 41.1 Å². The van der Waals surface area contributed by atoms with E-state index in [1.807, 2.05) is 11.8 Å². The summed E-state index contributed by atoms with van der Waals surface area (Å²) in [5, 5.41) is 3.97. The molecule has 0 aliphatic carbocycles. The van der Waals surface area contributed by atoms with E-state index in [2.05, 4.69) is 14.7 Å². The normalized spacial score (nSPS) is 28.9. The molecule has 2 atom stereocenters. The zero-order chi connectivity index (χ0) is 15.0. The van der Waals surface area contributed by atoms with Crippen molar-refractivity contribution in [1.29, 1.82) is 0 Å². The average Bonchev–Trinajstić information content (AvgIpc) is 3.02. The van der Waals surface area contributed by atoms with E-state index in [1.165, 1.54) is 12.8 Å². The highest BCUT2D eigenvalue weighted by atomic mass is 32.1. The molecule has 3 heterocycles. The molecule has 2 saturated heterocycles. The van der Waals surface area contributed by atoms with Gasteiger partial charge in [0, 0.05) is 36.2 Å². The Balaban J connectivity index is 1.79. The summed E-state index contributed by atoms with van der Waals surface area (Å²) in [6.07, 6.45) is 0.741. The highest BCUT2D eigenvalue weighted by Crippen LogP contribution is 2.35. The van der Waals surface area contributed by atoms with Gasteiger partial charge in [0.2, 0.25) is 11.0 Å². The van der Waals surface area contributed by atoms with Crippen LogP contribution in [0.15, 0.2) is 0 Å². The fourth-order valence-corrected chi connectivity index (χ4v) is 4.19. The summed E-state index contributed by atoms with van der Waals surface area (Å²) in [7, 11) is 0. The van der Waals surface area contributed by atoms with Crippen molar-refractivity contribution in [3.63, 3.8) is 0 Å². The van der Waals surface area contributed by atoms with Crippen LogP contribution in [0.2, 0.25) is 0 Å². The largest absolute Gasteiger partial charge is 0.452 e. The zero-order valence-corrected chi connectivity index (χ0v) is 12.7. The molecule has 1 aromatic rings. The molecule has 2 fully saturated rings. The van der Waals surface area contributed by atoms with Gasteiger partial charge in [0.25, 0.3) is 0 Å². The lowest BCUT2D eigenvalue weighted by Gasteiger charge is -2.37. The molecule has 0 spiro atoms. The van der Waals surface area contributed by atoms with Crippen molar-refractivity contribution in [2.45, 2.75) is 63.3 Å². The van der Waals surface area contributed by atoms with Crippen LogP contribution in [-0.2, 0) is 6.18 Å². The van der Waals surface area contributed by atoms with Crippen molar-refractivity contribution in [2.24, 2.45) is 0 Å². The van der Waals surface area contributed by atoms with Crippen LogP contribution in [0.1, 0.15) is 44.9 Å². The molecule has 1 N–H and O–H groups in total. The average molecular weight is 320 g/mol. The number of piperidine rings is 1. The van der Waals surface area contributed by atoms with Crippen LogP contribution in [0.3, 0.4) is 0 Å². The molecule has 2 aliphatic rings. The third-order valence-corrected chi connectivity index (χ3v) is 5.02. The molecule has 118 valence electrons. The molecule has 2 bridgehead atoms.